The smallest absolute Gasteiger partial charge is 0.448 e. The number of benzene rings is 3. The lowest BCUT2D eigenvalue weighted by atomic mass is 9.75. The minimum Gasteiger partial charge on any atom is -0.448 e. The highest BCUT2D eigenvalue weighted by Crippen LogP contribution is 2.44. The molecule has 0 atom stereocenters. The zero-order chi connectivity index (χ0) is 24.8. The summed E-state index contributed by atoms with van der Waals surface area (Å²) in [5.74, 6) is -0.0420. The maximum absolute atomic E-state index is 12.8. The Kier molecular flexibility index (Phi) is 5.67. The van der Waals surface area contributed by atoms with Crippen molar-refractivity contribution in [3.8, 4) is 17.2 Å². The number of nitrogens with one attached hydrogen (secondary N) is 1. The van der Waals surface area contributed by atoms with Crippen molar-refractivity contribution in [1.29, 1.82) is 5.26 Å². The molecule has 0 saturated carbocycles. The molecule has 1 heterocycles. The van der Waals surface area contributed by atoms with Crippen molar-refractivity contribution in [3.05, 3.63) is 83.4 Å². The second kappa shape index (κ2) is 8.56. The number of amides is 1. The molecular weight excluding hydrogens is 439 g/mol. The topological polar surface area (TPSA) is 80.6 Å². The molecular formula is C28H27BN2O4. The molecule has 35 heavy (non-hydrogen) atoms. The van der Waals surface area contributed by atoms with Gasteiger partial charge in [0.25, 0.3) is 0 Å². The van der Waals surface area contributed by atoms with Gasteiger partial charge in [0.1, 0.15) is 12.7 Å². The quantitative estimate of drug-likeness (QED) is 0.534. The summed E-state index contributed by atoms with van der Waals surface area (Å²) in [5.41, 5.74) is 4.75. The highest BCUT2D eigenvalue weighted by atomic mass is 16.7. The predicted molar refractivity (Wildman–Crippen MR) is 136 cm³/mol. The van der Waals surface area contributed by atoms with Gasteiger partial charge < -0.3 is 14.0 Å². The number of carbonyl (C=O) groups excluding carboxylic acids is 1. The Hall–Kier alpha value is -3.60. The van der Waals surface area contributed by atoms with Crippen LogP contribution in [0.1, 0.15) is 50.3 Å². The molecule has 5 rings (SSSR count). The van der Waals surface area contributed by atoms with Crippen LogP contribution in [-0.2, 0) is 14.0 Å². The number of fused-ring (bicyclic) bond motifs is 3. The van der Waals surface area contributed by atoms with E-state index in [2.05, 4.69) is 35.7 Å². The molecule has 2 aliphatic rings. The van der Waals surface area contributed by atoms with Crippen molar-refractivity contribution in [2.45, 2.75) is 44.8 Å². The molecule has 1 amide bonds. The lowest BCUT2D eigenvalue weighted by molar-refractivity contribution is 0.00578. The molecule has 0 unspecified atom stereocenters. The normalized spacial score (nSPS) is 17.4. The van der Waals surface area contributed by atoms with E-state index in [9.17, 15) is 10.1 Å². The third-order valence-electron chi connectivity index (χ3n) is 7.30. The van der Waals surface area contributed by atoms with Crippen molar-refractivity contribution in [1.82, 2.24) is 0 Å². The molecule has 176 valence electrons. The summed E-state index contributed by atoms with van der Waals surface area (Å²) in [4.78, 5) is 12.8. The van der Waals surface area contributed by atoms with Gasteiger partial charge in [-0.25, -0.2) is 4.79 Å². The largest absolute Gasteiger partial charge is 0.496 e. The van der Waals surface area contributed by atoms with Crippen LogP contribution in [-0.4, -0.2) is 31.0 Å². The molecule has 0 aromatic heterocycles. The van der Waals surface area contributed by atoms with Crippen molar-refractivity contribution in [3.63, 3.8) is 0 Å². The summed E-state index contributed by atoms with van der Waals surface area (Å²) in [7, 11) is -0.709. The summed E-state index contributed by atoms with van der Waals surface area (Å²) >= 11 is 0. The summed E-state index contributed by atoms with van der Waals surface area (Å²) < 4.78 is 17.9. The van der Waals surface area contributed by atoms with Gasteiger partial charge in [0.05, 0.1) is 22.5 Å². The first-order valence-corrected chi connectivity index (χ1v) is 11.7. The third kappa shape index (κ3) is 3.99. The number of ether oxygens (including phenoxy) is 1. The van der Waals surface area contributed by atoms with E-state index in [-0.39, 0.29) is 12.5 Å². The molecule has 1 aliphatic carbocycles. The first kappa shape index (κ1) is 23.2. The maximum atomic E-state index is 12.8. The first-order chi connectivity index (χ1) is 16.7. The van der Waals surface area contributed by atoms with Crippen LogP contribution in [0.3, 0.4) is 0 Å². The number of hydrogen-bond acceptors (Lipinski definition) is 5. The Morgan fingerprint density at radius 1 is 0.943 bits per heavy atom. The average Bonchev–Trinajstić information content (AvgIpc) is 3.27. The van der Waals surface area contributed by atoms with Crippen LogP contribution >= 0.6 is 0 Å². The van der Waals surface area contributed by atoms with E-state index in [0.29, 0.717) is 16.7 Å². The number of hydrogen-bond donors (Lipinski definition) is 1. The van der Waals surface area contributed by atoms with Gasteiger partial charge in [-0.05, 0) is 56.0 Å². The van der Waals surface area contributed by atoms with E-state index < -0.39 is 24.4 Å². The van der Waals surface area contributed by atoms with Crippen LogP contribution in [0.25, 0.3) is 11.1 Å². The van der Waals surface area contributed by atoms with Gasteiger partial charge in [-0.3, -0.25) is 5.32 Å². The van der Waals surface area contributed by atoms with Crippen molar-refractivity contribution < 1.29 is 18.8 Å². The maximum Gasteiger partial charge on any atom is 0.496 e. The molecule has 1 N–H and O–H groups in total. The van der Waals surface area contributed by atoms with Crippen LogP contribution < -0.4 is 10.8 Å². The third-order valence-corrected chi connectivity index (χ3v) is 7.30. The van der Waals surface area contributed by atoms with Gasteiger partial charge in [-0.1, -0.05) is 60.7 Å². The number of nitrogens with zero attached hydrogens (tertiary/aromatic N) is 1. The number of rotatable bonds is 4. The first-order valence-electron chi connectivity index (χ1n) is 11.7. The number of anilines is 1. The summed E-state index contributed by atoms with van der Waals surface area (Å²) in [6.07, 6.45) is -0.616. The lowest BCUT2D eigenvalue weighted by Gasteiger charge is -2.32. The Bertz CT molecular complexity index is 1280. The van der Waals surface area contributed by atoms with Gasteiger partial charge in [0, 0.05) is 11.4 Å². The van der Waals surface area contributed by atoms with Crippen molar-refractivity contribution in [2.75, 3.05) is 11.9 Å². The van der Waals surface area contributed by atoms with Crippen LogP contribution in [0.4, 0.5) is 10.5 Å². The molecule has 1 fully saturated rings. The fourth-order valence-electron chi connectivity index (χ4n) is 4.71. The van der Waals surface area contributed by atoms with Gasteiger partial charge in [0.15, 0.2) is 0 Å². The molecule has 6 nitrogen and oxygen atoms in total. The fraction of sp³-hybridized carbons (Fsp3) is 0.286. The molecule has 3 aromatic carbocycles. The molecule has 0 spiro atoms. The molecule has 1 saturated heterocycles. The summed E-state index contributed by atoms with van der Waals surface area (Å²) in [6, 6.07) is 23.8. The molecule has 1 aliphatic heterocycles. The molecule has 7 heteroatoms. The molecule has 3 aromatic rings. The Labute approximate surface area is 206 Å². The second-order valence-electron chi connectivity index (χ2n) is 9.92. The van der Waals surface area contributed by atoms with E-state index in [4.69, 9.17) is 14.0 Å². The predicted octanol–water partition coefficient (Wildman–Crippen LogP) is 5.22. The van der Waals surface area contributed by atoms with Gasteiger partial charge >= 0.3 is 13.2 Å². The van der Waals surface area contributed by atoms with E-state index in [1.165, 1.54) is 11.1 Å². The monoisotopic (exact) mass is 466 g/mol. The van der Waals surface area contributed by atoms with Gasteiger partial charge in [-0.2, -0.15) is 5.26 Å². The fourth-order valence-corrected chi connectivity index (χ4v) is 4.71. The molecule has 0 radical (unpaired) electrons. The minimum absolute atomic E-state index is 0.0420. The lowest BCUT2D eigenvalue weighted by Crippen LogP contribution is -2.41. The van der Waals surface area contributed by atoms with Crippen molar-refractivity contribution >= 4 is 24.4 Å². The van der Waals surface area contributed by atoms with Gasteiger partial charge in [-0.15, -0.1) is 0 Å². The summed E-state index contributed by atoms with van der Waals surface area (Å²) in [5, 5.41) is 12.6. The van der Waals surface area contributed by atoms with Gasteiger partial charge in [0.2, 0.25) is 0 Å². The van der Waals surface area contributed by atoms with E-state index >= 15 is 0 Å². The van der Waals surface area contributed by atoms with Crippen LogP contribution in [0.2, 0.25) is 0 Å². The Morgan fingerprint density at radius 2 is 1.51 bits per heavy atom. The zero-order valence-electron chi connectivity index (χ0n) is 20.3. The van der Waals surface area contributed by atoms with Crippen molar-refractivity contribution in [2.24, 2.45) is 0 Å². The zero-order valence-corrected chi connectivity index (χ0v) is 20.3. The number of carbonyl (C=O) groups is 1. The Morgan fingerprint density at radius 3 is 2.09 bits per heavy atom. The number of nitriles is 1. The van der Waals surface area contributed by atoms with E-state index in [1.807, 2.05) is 52.0 Å². The van der Waals surface area contributed by atoms with Crippen LogP contribution in [0, 0.1) is 11.3 Å². The van der Waals surface area contributed by atoms with Crippen LogP contribution in [0.5, 0.6) is 0 Å². The summed E-state index contributed by atoms with van der Waals surface area (Å²) in [6.45, 7) is 8.02. The standard InChI is InChI=1S/C28H27BN2O4/c1-27(2)28(3,4)35-29(34-27)24-14-9-15-25(22(24)16-30)31-26(32)33-17-23-20-12-7-5-10-18(20)19-11-6-8-13-21(19)23/h5-15,23H,17H2,1-4H3,(H,31,32). The second-order valence-corrected chi connectivity index (χ2v) is 9.92. The van der Waals surface area contributed by atoms with E-state index in [1.54, 1.807) is 18.2 Å². The Balaban J connectivity index is 1.33. The SMILES string of the molecule is CC1(C)OB(c2cccc(NC(=O)OCC3c4ccccc4-c4ccccc43)c2C#N)OC1(C)C. The van der Waals surface area contributed by atoms with E-state index in [0.717, 1.165) is 11.1 Å². The highest BCUT2D eigenvalue weighted by Gasteiger charge is 2.52. The minimum atomic E-state index is -0.709. The average molecular weight is 466 g/mol. The highest BCUT2D eigenvalue weighted by molar-refractivity contribution is 6.63. The van der Waals surface area contributed by atoms with Crippen LogP contribution in [0.15, 0.2) is 66.7 Å². The molecule has 0 bridgehead atoms.